The van der Waals surface area contributed by atoms with E-state index in [1.807, 2.05) is 13.0 Å². The van der Waals surface area contributed by atoms with Crippen LogP contribution in [0.15, 0.2) is 12.3 Å². The third kappa shape index (κ3) is 29.5. The van der Waals surface area contributed by atoms with E-state index >= 15 is 0 Å². The number of rotatable bonds is 17. The van der Waals surface area contributed by atoms with Gasteiger partial charge in [0.1, 0.15) is 6.79 Å². The molecule has 0 saturated carbocycles. The molecular formula is C21H44O3. The average Bonchev–Trinajstić information content (AvgIpc) is 2.60. The summed E-state index contributed by atoms with van der Waals surface area (Å²) in [7, 11) is 0. The number of hydrogen-bond donors (Lipinski definition) is 2. The lowest BCUT2D eigenvalue weighted by atomic mass is 10.0. The highest BCUT2D eigenvalue weighted by Crippen LogP contribution is 2.13. The van der Waals surface area contributed by atoms with Crippen LogP contribution in [0.2, 0.25) is 0 Å². The molecule has 0 bridgehead atoms. The highest BCUT2D eigenvalue weighted by atomic mass is 16.6. The molecule has 0 fully saturated rings. The lowest BCUT2D eigenvalue weighted by molar-refractivity contribution is 0.00540. The summed E-state index contributed by atoms with van der Waals surface area (Å²) in [5.74, 6) is 0. The molecule has 0 aliphatic heterocycles. The Morgan fingerprint density at radius 3 is 1.38 bits per heavy atom. The standard InChI is InChI=1S/C18H36O.C3H8O2/c1-2-3-4-5-6-7-8-9-10-11-12-13-14-15-16-17-18-19;1-2-5-3-4/h17-19H,2-16H2,1H3;4H,2-3H2,1H3. The SMILES string of the molecule is CCCCCCCCCCCCCCCCC=CO.CCOCO. The molecule has 0 aromatic carbocycles. The van der Waals surface area contributed by atoms with Crippen LogP contribution in [-0.4, -0.2) is 23.6 Å². The Bertz CT molecular complexity index is 215. The second-order valence-electron chi connectivity index (χ2n) is 6.39. The Morgan fingerprint density at radius 1 is 0.667 bits per heavy atom. The Hall–Kier alpha value is -0.540. The van der Waals surface area contributed by atoms with Crippen LogP contribution in [0, 0.1) is 0 Å². The van der Waals surface area contributed by atoms with Crippen molar-refractivity contribution in [1.82, 2.24) is 0 Å². The minimum atomic E-state index is -0.156. The topological polar surface area (TPSA) is 49.7 Å². The quantitative estimate of drug-likeness (QED) is 0.171. The fraction of sp³-hybridized carbons (Fsp3) is 0.905. The Balaban J connectivity index is 0. The van der Waals surface area contributed by atoms with Gasteiger partial charge in [-0.1, -0.05) is 96.5 Å². The van der Waals surface area contributed by atoms with Crippen LogP contribution in [0.1, 0.15) is 110 Å². The predicted octanol–water partition coefficient (Wildman–Crippen LogP) is 6.90. The molecule has 146 valence electrons. The van der Waals surface area contributed by atoms with E-state index in [1.54, 1.807) is 0 Å². The average molecular weight is 345 g/mol. The van der Waals surface area contributed by atoms with E-state index in [4.69, 9.17) is 10.2 Å². The van der Waals surface area contributed by atoms with Gasteiger partial charge in [0, 0.05) is 6.61 Å². The second-order valence-corrected chi connectivity index (χ2v) is 6.39. The molecule has 0 aromatic heterocycles. The zero-order valence-corrected chi connectivity index (χ0v) is 16.5. The normalized spacial score (nSPS) is 10.8. The maximum atomic E-state index is 8.49. The number of allylic oxidation sites excluding steroid dienone is 1. The maximum absolute atomic E-state index is 8.49. The molecule has 24 heavy (non-hydrogen) atoms. The monoisotopic (exact) mass is 344 g/mol. The van der Waals surface area contributed by atoms with E-state index in [2.05, 4.69) is 11.7 Å². The van der Waals surface area contributed by atoms with Crippen molar-refractivity contribution in [3.05, 3.63) is 12.3 Å². The van der Waals surface area contributed by atoms with Crippen molar-refractivity contribution in [3.8, 4) is 0 Å². The van der Waals surface area contributed by atoms with Crippen LogP contribution < -0.4 is 0 Å². The van der Waals surface area contributed by atoms with Gasteiger partial charge in [0.2, 0.25) is 0 Å². The van der Waals surface area contributed by atoms with Crippen molar-refractivity contribution < 1.29 is 14.9 Å². The predicted molar refractivity (Wildman–Crippen MR) is 105 cm³/mol. The van der Waals surface area contributed by atoms with E-state index < -0.39 is 0 Å². The minimum Gasteiger partial charge on any atom is -0.516 e. The first-order valence-corrected chi connectivity index (χ1v) is 10.3. The molecule has 0 radical (unpaired) electrons. The molecular weight excluding hydrogens is 300 g/mol. The number of ether oxygens (including phenoxy) is 1. The van der Waals surface area contributed by atoms with Crippen molar-refractivity contribution in [2.75, 3.05) is 13.4 Å². The summed E-state index contributed by atoms with van der Waals surface area (Å²) in [4.78, 5) is 0. The second kappa shape index (κ2) is 27.3. The molecule has 0 saturated heterocycles. The molecule has 3 nitrogen and oxygen atoms in total. The molecule has 0 aromatic rings. The molecule has 0 spiro atoms. The first-order valence-electron chi connectivity index (χ1n) is 10.3. The van der Waals surface area contributed by atoms with E-state index in [1.165, 1.54) is 96.2 Å². The van der Waals surface area contributed by atoms with Crippen molar-refractivity contribution >= 4 is 0 Å². The van der Waals surface area contributed by atoms with E-state index in [-0.39, 0.29) is 6.79 Å². The van der Waals surface area contributed by atoms with E-state index in [0.717, 1.165) is 6.42 Å². The van der Waals surface area contributed by atoms with Crippen LogP contribution in [0.3, 0.4) is 0 Å². The largest absolute Gasteiger partial charge is 0.516 e. The highest BCUT2D eigenvalue weighted by molar-refractivity contribution is 4.70. The summed E-state index contributed by atoms with van der Waals surface area (Å²) in [6.07, 6.45) is 23.7. The van der Waals surface area contributed by atoms with Gasteiger partial charge < -0.3 is 14.9 Å². The smallest absolute Gasteiger partial charge is 0.143 e. The Kier molecular flexibility index (Phi) is 29.2. The van der Waals surface area contributed by atoms with Crippen LogP contribution in [0.25, 0.3) is 0 Å². The molecule has 0 atom stereocenters. The maximum Gasteiger partial charge on any atom is 0.143 e. The zero-order chi connectivity index (χ0) is 18.1. The lowest BCUT2D eigenvalue weighted by Crippen LogP contribution is -1.88. The van der Waals surface area contributed by atoms with Gasteiger partial charge in [-0.25, -0.2) is 0 Å². The van der Waals surface area contributed by atoms with Crippen LogP contribution in [0.4, 0.5) is 0 Å². The summed E-state index contributed by atoms with van der Waals surface area (Å²) >= 11 is 0. The van der Waals surface area contributed by atoms with E-state index in [9.17, 15) is 0 Å². The molecule has 0 rings (SSSR count). The van der Waals surface area contributed by atoms with Gasteiger partial charge in [-0.2, -0.15) is 0 Å². The first-order chi connectivity index (χ1) is 11.8. The fourth-order valence-corrected chi connectivity index (χ4v) is 2.62. The van der Waals surface area contributed by atoms with Gasteiger partial charge in [0.25, 0.3) is 0 Å². The van der Waals surface area contributed by atoms with Gasteiger partial charge >= 0.3 is 0 Å². The number of aliphatic hydroxyl groups is 2. The molecule has 0 aliphatic rings. The van der Waals surface area contributed by atoms with Crippen molar-refractivity contribution in [1.29, 1.82) is 0 Å². The summed E-state index contributed by atoms with van der Waals surface area (Å²) < 4.78 is 4.39. The lowest BCUT2D eigenvalue weighted by Gasteiger charge is -2.02. The molecule has 0 aliphatic carbocycles. The van der Waals surface area contributed by atoms with Crippen molar-refractivity contribution in [2.24, 2.45) is 0 Å². The van der Waals surface area contributed by atoms with Gasteiger partial charge in [-0.3, -0.25) is 0 Å². The molecule has 0 amide bonds. The van der Waals surface area contributed by atoms with Crippen molar-refractivity contribution in [2.45, 2.75) is 110 Å². The number of unbranched alkanes of at least 4 members (excludes halogenated alkanes) is 14. The third-order valence-corrected chi connectivity index (χ3v) is 4.13. The van der Waals surface area contributed by atoms with Gasteiger partial charge in [0.05, 0.1) is 6.26 Å². The summed E-state index contributed by atoms with van der Waals surface area (Å²) in [5, 5.41) is 16.3. The first kappa shape index (κ1) is 25.7. The molecule has 3 heteroatoms. The van der Waals surface area contributed by atoms with Gasteiger partial charge in [-0.05, 0) is 19.8 Å². The summed E-state index contributed by atoms with van der Waals surface area (Å²) in [6, 6.07) is 0. The number of aliphatic hydroxyl groups excluding tert-OH is 2. The Labute approximate surface area is 151 Å². The summed E-state index contributed by atoms with van der Waals surface area (Å²) in [6.45, 7) is 4.55. The van der Waals surface area contributed by atoms with Crippen LogP contribution in [0.5, 0.6) is 0 Å². The fourth-order valence-electron chi connectivity index (χ4n) is 2.62. The Morgan fingerprint density at radius 2 is 1.08 bits per heavy atom. The minimum absolute atomic E-state index is 0.156. The molecule has 0 unspecified atom stereocenters. The zero-order valence-electron chi connectivity index (χ0n) is 16.5. The molecule has 0 heterocycles. The van der Waals surface area contributed by atoms with Crippen LogP contribution >= 0.6 is 0 Å². The summed E-state index contributed by atoms with van der Waals surface area (Å²) in [5.41, 5.74) is 0. The van der Waals surface area contributed by atoms with Crippen molar-refractivity contribution in [3.63, 3.8) is 0 Å². The third-order valence-electron chi connectivity index (χ3n) is 4.13. The molecule has 2 N–H and O–H groups in total. The van der Waals surface area contributed by atoms with Gasteiger partial charge in [0.15, 0.2) is 0 Å². The highest BCUT2D eigenvalue weighted by Gasteiger charge is 1.93. The number of hydrogen-bond acceptors (Lipinski definition) is 3. The van der Waals surface area contributed by atoms with Gasteiger partial charge in [-0.15, -0.1) is 0 Å². The van der Waals surface area contributed by atoms with Crippen LogP contribution in [-0.2, 0) is 4.74 Å². The van der Waals surface area contributed by atoms with E-state index in [0.29, 0.717) is 6.61 Å².